The van der Waals surface area contributed by atoms with Gasteiger partial charge in [0.05, 0.1) is 13.2 Å². The molecule has 2 aliphatic rings. The Hall–Kier alpha value is -3.47. The van der Waals surface area contributed by atoms with E-state index in [2.05, 4.69) is 31.2 Å². The van der Waals surface area contributed by atoms with Gasteiger partial charge in [-0.3, -0.25) is 14.4 Å². The number of ketones is 1. The standard InChI is InChI=1S/C32H34O5/c1-4-36-29(34)32(30(35)37-5-2)19-23-18-26(28(33)22-13-7-6-8-14-22)31(3,27(23)20-32)25-17-11-15-21-12-9-10-16-24(21)25/h6-17,23,26-27H,4-5,18-20H2,1-3H3/t23-,26+,27+,31+/m0/s1. The van der Waals surface area contributed by atoms with Crippen molar-refractivity contribution in [1.82, 2.24) is 0 Å². The molecule has 2 saturated carbocycles. The Morgan fingerprint density at radius 2 is 1.43 bits per heavy atom. The minimum absolute atomic E-state index is 0.00967. The van der Waals surface area contributed by atoms with Gasteiger partial charge in [-0.1, -0.05) is 79.7 Å². The lowest BCUT2D eigenvalue weighted by atomic mass is 9.63. The molecule has 0 bridgehead atoms. The monoisotopic (exact) mass is 498 g/mol. The second-order valence-corrected chi connectivity index (χ2v) is 10.6. The lowest BCUT2D eigenvalue weighted by Gasteiger charge is -2.39. The van der Waals surface area contributed by atoms with Crippen LogP contribution < -0.4 is 0 Å². The molecule has 5 heteroatoms. The van der Waals surface area contributed by atoms with Crippen LogP contribution in [0.5, 0.6) is 0 Å². The van der Waals surface area contributed by atoms with Crippen LogP contribution in [0, 0.1) is 23.2 Å². The second kappa shape index (κ2) is 9.77. The van der Waals surface area contributed by atoms with E-state index in [4.69, 9.17) is 9.47 Å². The highest BCUT2D eigenvalue weighted by atomic mass is 16.6. The molecular weight excluding hydrogens is 464 g/mol. The van der Waals surface area contributed by atoms with E-state index in [0.717, 1.165) is 16.3 Å². The van der Waals surface area contributed by atoms with Gasteiger partial charge < -0.3 is 9.47 Å². The Morgan fingerprint density at radius 3 is 2.11 bits per heavy atom. The number of carbonyl (C=O) groups excluding carboxylic acids is 3. The number of hydrogen-bond donors (Lipinski definition) is 0. The second-order valence-electron chi connectivity index (χ2n) is 10.6. The molecule has 5 rings (SSSR count). The number of fused-ring (bicyclic) bond motifs is 2. The highest BCUT2D eigenvalue weighted by Gasteiger charge is 2.67. The van der Waals surface area contributed by atoms with Gasteiger partial charge in [-0.2, -0.15) is 0 Å². The summed E-state index contributed by atoms with van der Waals surface area (Å²) in [4.78, 5) is 40.7. The summed E-state index contributed by atoms with van der Waals surface area (Å²) < 4.78 is 10.9. The van der Waals surface area contributed by atoms with Gasteiger partial charge in [0.25, 0.3) is 0 Å². The van der Waals surface area contributed by atoms with E-state index in [-0.39, 0.29) is 36.8 Å². The summed E-state index contributed by atoms with van der Waals surface area (Å²) in [5.41, 5.74) is -0.135. The molecule has 0 aliphatic heterocycles. The molecule has 0 amide bonds. The van der Waals surface area contributed by atoms with E-state index in [1.54, 1.807) is 13.8 Å². The molecule has 37 heavy (non-hydrogen) atoms. The summed E-state index contributed by atoms with van der Waals surface area (Å²) in [6, 6.07) is 23.9. The number of benzene rings is 3. The van der Waals surface area contributed by atoms with Crippen molar-refractivity contribution >= 4 is 28.5 Å². The zero-order valence-electron chi connectivity index (χ0n) is 21.7. The lowest BCUT2D eigenvalue weighted by Crippen LogP contribution is -2.44. The van der Waals surface area contributed by atoms with Crippen LogP contribution in [-0.4, -0.2) is 30.9 Å². The largest absolute Gasteiger partial charge is 0.465 e. The third-order valence-corrected chi connectivity index (χ3v) is 8.86. The fourth-order valence-electron chi connectivity index (χ4n) is 7.19. The fraction of sp³-hybridized carbons (Fsp3) is 0.406. The first kappa shape index (κ1) is 25.2. The topological polar surface area (TPSA) is 69.7 Å². The van der Waals surface area contributed by atoms with Crippen molar-refractivity contribution in [1.29, 1.82) is 0 Å². The highest BCUT2D eigenvalue weighted by molar-refractivity contribution is 6.02. The van der Waals surface area contributed by atoms with Crippen LogP contribution in [0.4, 0.5) is 0 Å². The lowest BCUT2D eigenvalue weighted by molar-refractivity contribution is -0.172. The summed E-state index contributed by atoms with van der Waals surface area (Å²) in [5, 5.41) is 2.21. The minimum Gasteiger partial charge on any atom is -0.465 e. The molecule has 0 heterocycles. The van der Waals surface area contributed by atoms with Gasteiger partial charge >= 0.3 is 11.9 Å². The number of esters is 2. The zero-order chi connectivity index (χ0) is 26.2. The molecule has 4 atom stereocenters. The Balaban J connectivity index is 1.66. The Labute approximate surface area is 218 Å². The van der Waals surface area contributed by atoms with E-state index in [9.17, 15) is 14.4 Å². The maximum absolute atomic E-state index is 14.1. The van der Waals surface area contributed by atoms with Crippen molar-refractivity contribution < 1.29 is 23.9 Å². The van der Waals surface area contributed by atoms with Gasteiger partial charge in [0.2, 0.25) is 0 Å². The van der Waals surface area contributed by atoms with Crippen LogP contribution in [0.15, 0.2) is 72.8 Å². The van der Waals surface area contributed by atoms with Crippen molar-refractivity contribution in [2.45, 2.75) is 45.4 Å². The molecule has 5 nitrogen and oxygen atoms in total. The minimum atomic E-state index is -1.34. The first-order chi connectivity index (χ1) is 17.9. The summed E-state index contributed by atoms with van der Waals surface area (Å²) in [6.45, 7) is 6.07. The van der Waals surface area contributed by atoms with Gasteiger partial charge in [-0.25, -0.2) is 0 Å². The number of rotatable bonds is 7. The summed E-state index contributed by atoms with van der Waals surface area (Å²) in [7, 11) is 0. The van der Waals surface area contributed by atoms with Crippen molar-refractivity contribution in [3.05, 3.63) is 83.9 Å². The fourth-order valence-corrected chi connectivity index (χ4v) is 7.19. The molecule has 0 N–H and O–H groups in total. The van der Waals surface area contributed by atoms with E-state index in [0.29, 0.717) is 24.8 Å². The van der Waals surface area contributed by atoms with Crippen molar-refractivity contribution in [3.63, 3.8) is 0 Å². The van der Waals surface area contributed by atoms with Crippen LogP contribution in [0.2, 0.25) is 0 Å². The van der Waals surface area contributed by atoms with Gasteiger partial charge in [-0.05, 0) is 61.3 Å². The number of carbonyl (C=O) groups is 3. The smallest absolute Gasteiger partial charge is 0.323 e. The van der Waals surface area contributed by atoms with Crippen LogP contribution in [0.3, 0.4) is 0 Å². The Morgan fingerprint density at radius 1 is 0.811 bits per heavy atom. The van der Waals surface area contributed by atoms with Crippen molar-refractivity contribution in [2.24, 2.45) is 23.2 Å². The predicted octanol–water partition coefficient (Wildman–Crippen LogP) is 6.14. The molecule has 2 fully saturated rings. The third-order valence-electron chi connectivity index (χ3n) is 8.86. The molecule has 0 radical (unpaired) electrons. The molecule has 0 saturated heterocycles. The molecule has 3 aromatic carbocycles. The first-order valence-electron chi connectivity index (χ1n) is 13.3. The Kier molecular flexibility index (Phi) is 6.65. The molecular formula is C32H34O5. The van der Waals surface area contributed by atoms with Gasteiger partial charge in [0, 0.05) is 16.9 Å². The maximum atomic E-state index is 14.1. The van der Waals surface area contributed by atoms with E-state index >= 15 is 0 Å². The van der Waals surface area contributed by atoms with Crippen LogP contribution in [0.25, 0.3) is 10.8 Å². The first-order valence-corrected chi connectivity index (χ1v) is 13.3. The van der Waals surface area contributed by atoms with Crippen molar-refractivity contribution in [2.75, 3.05) is 13.2 Å². The Bertz CT molecular complexity index is 1310. The van der Waals surface area contributed by atoms with Gasteiger partial charge in [-0.15, -0.1) is 0 Å². The number of Topliss-reactive ketones (excluding diaryl/α,β-unsaturated/α-hetero) is 1. The van der Waals surface area contributed by atoms with Crippen LogP contribution >= 0.6 is 0 Å². The average Bonchev–Trinajstić information content (AvgIpc) is 3.44. The van der Waals surface area contributed by atoms with Crippen LogP contribution in [-0.2, 0) is 24.5 Å². The summed E-state index contributed by atoms with van der Waals surface area (Å²) in [5.74, 6) is -1.23. The van der Waals surface area contributed by atoms with Gasteiger partial charge in [0.1, 0.15) is 0 Å². The summed E-state index contributed by atoms with van der Waals surface area (Å²) >= 11 is 0. The predicted molar refractivity (Wildman–Crippen MR) is 142 cm³/mol. The van der Waals surface area contributed by atoms with Crippen molar-refractivity contribution in [3.8, 4) is 0 Å². The zero-order valence-corrected chi connectivity index (χ0v) is 21.7. The maximum Gasteiger partial charge on any atom is 0.323 e. The van der Waals surface area contributed by atoms with E-state index in [1.165, 1.54) is 0 Å². The summed E-state index contributed by atoms with van der Waals surface area (Å²) in [6.07, 6.45) is 1.26. The molecule has 192 valence electrons. The van der Waals surface area contributed by atoms with E-state index in [1.807, 2.05) is 48.5 Å². The average molecular weight is 499 g/mol. The molecule has 3 aromatic rings. The molecule has 2 aliphatic carbocycles. The number of hydrogen-bond acceptors (Lipinski definition) is 5. The van der Waals surface area contributed by atoms with Crippen LogP contribution in [0.1, 0.15) is 56.0 Å². The number of ether oxygens (including phenoxy) is 2. The SMILES string of the molecule is CCOC(=O)C1(C(=O)OCC)C[C@@H]2C[C@H](C(=O)c3ccccc3)[C@@](C)(c3cccc4ccccc34)[C@@H]2C1. The normalized spacial score (nSPS) is 26.0. The van der Waals surface area contributed by atoms with Gasteiger partial charge in [0.15, 0.2) is 11.2 Å². The third kappa shape index (κ3) is 3.96. The van der Waals surface area contributed by atoms with E-state index < -0.39 is 22.8 Å². The molecule has 0 spiro atoms. The molecule has 0 unspecified atom stereocenters. The molecule has 0 aromatic heterocycles. The quantitative estimate of drug-likeness (QED) is 0.222. The highest BCUT2D eigenvalue weighted by Crippen LogP contribution is 2.64.